The molecule has 0 saturated heterocycles. The van der Waals surface area contributed by atoms with Gasteiger partial charge in [0.15, 0.2) is 0 Å². The van der Waals surface area contributed by atoms with Gasteiger partial charge in [0, 0.05) is 31.9 Å². The topological polar surface area (TPSA) is 53.1 Å². The van der Waals surface area contributed by atoms with Gasteiger partial charge in [0.05, 0.1) is 6.10 Å². The number of rotatable bonds is 5. The standard InChI is InChI=1S/C15H21N3O/c1-11(2)19-13-6-4-5-12(9-13)14(16)10-15-17-7-8-18(15)3/h4-9,11,14H,10,16H2,1-3H3. The molecule has 2 rings (SSSR count). The van der Waals surface area contributed by atoms with E-state index in [1.807, 2.05) is 55.9 Å². The molecule has 4 heteroatoms. The Labute approximate surface area is 114 Å². The molecule has 4 nitrogen and oxygen atoms in total. The third-order valence-electron chi connectivity index (χ3n) is 2.98. The summed E-state index contributed by atoms with van der Waals surface area (Å²) in [6.45, 7) is 4.03. The Bertz CT molecular complexity index is 534. The van der Waals surface area contributed by atoms with Crippen LogP contribution in [-0.2, 0) is 13.5 Å². The van der Waals surface area contributed by atoms with E-state index in [9.17, 15) is 0 Å². The van der Waals surface area contributed by atoms with E-state index < -0.39 is 0 Å². The number of ether oxygens (including phenoxy) is 1. The van der Waals surface area contributed by atoms with E-state index in [1.54, 1.807) is 6.20 Å². The summed E-state index contributed by atoms with van der Waals surface area (Å²) in [7, 11) is 1.98. The lowest BCUT2D eigenvalue weighted by Crippen LogP contribution is -2.16. The SMILES string of the molecule is CC(C)Oc1cccc(C(N)Cc2nccn2C)c1. The summed E-state index contributed by atoms with van der Waals surface area (Å²) in [6.07, 6.45) is 4.61. The van der Waals surface area contributed by atoms with Gasteiger partial charge < -0.3 is 15.0 Å². The van der Waals surface area contributed by atoms with Gasteiger partial charge in [-0.25, -0.2) is 4.98 Å². The zero-order valence-corrected chi connectivity index (χ0v) is 11.7. The second-order valence-electron chi connectivity index (χ2n) is 5.00. The number of nitrogens with two attached hydrogens (primary N) is 1. The Morgan fingerprint density at radius 1 is 1.37 bits per heavy atom. The molecule has 1 aromatic carbocycles. The van der Waals surface area contributed by atoms with E-state index >= 15 is 0 Å². The van der Waals surface area contributed by atoms with Crippen LogP contribution in [0, 0.1) is 0 Å². The second kappa shape index (κ2) is 5.89. The van der Waals surface area contributed by atoms with Gasteiger partial charge in [-0.05, 0) is 31.5 Å². The summed E-state index contributed by atoms with van der Waals surface area (Å²) in [6, 6.07) is 7.90. The maximum absolute atomic E-state index is 6.25. The molecular weight excluding hydrogens is 238 g/mol. The molecule has 2 N–H and O–H groups in total. The maximum Gasteiger partial charge on any atom is 0.120 e. The average Bonchev–Trinajstić information content (AvgIpc) is 2.74. The summed E-state index contributed by atoms with van der Waals surface area (Å²) in [4.78, 5) is 4.30. The second-order valence-corrected chi connectivity index (χ2v) is 5.00. The van der Waals surface area contributed by atoms with Gasteiger partial charge in [-0.2, -0.15) is 0 Å². The third kappa shape index (κ3) is 3.58. The number of nitrogens with zero attached hydrogens (tertiary/aromatic N) is 2. The highest BCUT2D eigenvalue weighted by atomic mass is 16.5. The van der Waals surface area contributed by atoms with Crippen LogP contribution in [0.1, 0.15) is 31.3 Å². The van der Waals surface area contributed by atoms with Crippen LogP contribution in [0.4, 0.5) is 0 Å². The molecule has 0 amide bonds. The number of aromatic nitrogens is 2. The average molecular weight is 259 g/mol. The van der Waals surface area contributed by atoms with E-state index in [4.69, 9.17) is 10.5 Å². The van der Waals surface area contributed by atoms with Gasteiger partial charge in [-0.1, -0.05) is 12.1 Å². The quantitative estimate of drug-likeness (QED) is 0.897. The summed E-state index contributed by atoms with van der Waals surface area (Å²) < 4.78 is 7.68. The van der Waals surface area contributed by atoms with E-state index in [-0.39, 0.29) is 12.1 Å². The fraction of sp³-hybridized carbons (Fsp3) is 0.400. The van der Waals surface area contributed by atoms with Crippen LogP contribution >= 0.6 is 0 Å². The Kier molecular flexibility index (Phi) is 4.22. The molecule has 0 aliphatic rings. The minimum atomic E-state index is -0.0724. The largest absolute Gasteiger partial charge is 0.491 e. The predicted octanol–water partition coefficient (Wildman–Crippen LogP) is 2.45. The first-order valence-electron chi connectivity index (χ1n) is 6.54. The summed E-state index contributed by atoms with van der Waals surface area (Å²) in [5, 5.41) is 0. The number of benzene rings is 1. The summed E-state index contributed by atoms with van der Waals surface area (Å²) in [5.74, 6) is 1.85. The molecule has 0 fully saturated rings. The monoisotopic (exact) mass is 259 g/mol. The molecule has 1 heterocycles. The Morgan fingerprint density at radius 3 is 2.79 bits per heavy atom. The molecule has 0 bridgehead atoms. The lowest BCUT2D eigenvalue weighted by atomic mass is 10.0. The van der Waals surface area contributed by atoms with Crippen molar-refractivity contribution in [2.24, 2.45) is 12.8 Å². The van der Waals surface area contributed by atoms with Crippen molar-refractivity contribution in [2.75, 3.05) is 0 Å². The van der Waals surface area contributed by atoms with Crippen molar-refractivity contribution in [3.8, 4) is 5.75 Å². The van der Waals surface area contributed by atoms with Gasteiger partial charge in [-0.15, -0.1) is 0 Å². The molecule has 1 aromatic heterocycles. The first-order chi connectivity index (χ1) is 9.06. The molecule has 102 valence electrons. The van der Waals surface area contributed by atoms with Crippen LogP contribution in [0.2, 0.25) is 0 Å². The third-order valence-corrected chi connectivity index (χ3v) is 2.98. The normalized spacial score (nSPS) is 12.7. The molecule has 0 saturated carbocycles. The molecule has 1 atom stereocenters. The van der Waals surface area contributed by atoms with Crippen molar-refractivity contribution in [3.63, 3.8) is 0 Å². The van der Waals surface area contributed by atoms with E-state index in [2.05, 4.69) is 4.98 Å². The zero-order valence-electron chi connectivity index (χ0n) is 11.7. The Morgan fingerprint density at radius 2 is 2.16 bits per heavy atom. The van der Waals surface area contributed by atoms with Crippen LogP contribution in [-0.4, -0.2) is 15.7 Å². The van der Waals surface area contributed by atoms with Crippen LogP contribution in [0.5, 0.6) is 5.75 Å². The van der Waals surface area contributed by atoms with Crippen molar-refractivity contribution in [3.05, 3.63) is 48.0 Å². The fourth-order valence-corrected chi connectivity index (χ4v) is 2.00. The molecule has 0 spiro atoms. The smallest absolute Gasteiger partial charge is 0.120 e. The van der Waals surface area contributed by atoms with Gasteiger partial charge in [0.2, 0.25) is 0 Å². The van der Waals surface area contributed by atoms with Gasteiger partial charge in [0.25, 0.3) is 0 Å². The number of hydrogen-bond donors (Lipinski definition) is 1. The van der Waals surface area contributed by atoms with Crippen molar-refractivity contribution in [1.29, 1.82) is 0 Å². The highest BCUT2D eigenvalue weighted by molar-refractivity contribution is 5.31. The Balaban J connectivity index is 2.10. The van der Waals surface area contributed by atoms with Crippen molar-refractivity contribution in [1.82, 2.24) is 9.55 Å². The molecule has 0 aliphatic carbocycles. The minimum absolute atomic E-state index is 0.0724. The van der Waals surface area contributed by atoms with Crippen LogP contribution in [0.15, 0.2) is 36.7 Å². The summed E-state index contributed by atoms with van der Waals surface area (Å²) in [5.41, 5.74) is 7.32. The van der Waals surface area contributed by atoms with E-state index in [0.29, 0.717) is 6.42 Å². The first-order valence-corrected chi connectivity index (χ1v) is 6.54. The van der Waals surface area contributed by atoms with Gasteiger partial charge in [0.1, 0.15) is 11.6 Å². The summed E-state index contributed by atoms with van der Waals surface area (Å²) >= 11 is 0. The van der Waals surface area contributed by atoms with Crippen molar-refractivity contribution >= 4 is 0 Å². The van der Waals surface area contributed by atoms with Gasteiger partial charge >= 0.3 is 0 Å². The predicted molar refractivity (Wildman–Crippen MR) is 76.0 cm³/mol. The number of imidazole rings is 1. The van der Waals surface area contributed by atoms with Crippen molar-refractivity contribution in [2.45, 2.75) is 32.4 Å². The minimum Gasteiger partial charge on any atom is -0.491 e. The van der Waals surface area contributed by atoms with E-state index in [0.717, 1.165) is 17.1 Å². The molecular formula is C15H21N3O. The molecule has 0 aliphatic heterocycles. The number of aryl methyl sites for hydroxylation is 1. The number of hydrogen-bond acceptors (Lipinski definition) is 3. The van der Waals surface area contributed by atoms with Crippen LogP contribution in [0.25, 0.3) is 0 Å². The highest BCUT2D eigenvalue weighted by Gasteiger charge is 2.11. The molecule has 19 heavy (non-hydrogen) atoms. The van der Waals surface area contributed by atoms with Gasteiger partial charge in [-0.3, -0.25) is 0 Å². The van der Waals surface area contributed by atoms with E-state index in [1.165, 1.54) is 0 Å². The van der Waals surface area contributed by atoms with Crippen LogP contribution in [0.3, 0.4) is 0 Å². The van der Waals surface area contributed by atoms with Crippen molar-refractivity contribution < 1.29 is 4.74 Å². The maximum atomic E-state index is 6.25. The fourth-order valence-electron chi connectivity index (χ4n) is 2.00. The lowest BCUT2D eigenvalue weighted by molar-refractivity contribution is 0.242. The molecule has 1 unspecified atom stereocenters. The zero-order chi connectivity index (χ0) is 13.8. The first kappa shape index (κ1) is 13.6. The molecule has 2 aromatic rings. The Hall–Kier alpha value is -1.81. The lowest BCUT2D eigenvalue weighted by Gasteiger charge is -2.15. The molecule has 0 radical (unpaired) electrons. The highest BCUT2D eigenvalue weighted by Crippen LogP contribution is 2.21. The van der Waals surface area contributed by atoms with Crippen LogP contribution < -0.4 is 10.5 Å².